The van der Waals surface area contributed by atoms with Gasteiger partial charge < -0.3 is 15.2 Å². The predicted octanol–water partition coefficient (Wildman–Crippen LogP) is 3.37. The number of aromatic nitrogens is 1. The zero-order valence-corrected chi connectivity index (χ0v) is 17.2. The summed E-state index contributed by atoms with van der Waals surface area (Å²) in [5, 5.41) is 0. The number of hydrogen-bond donors (Lipinski definition) is 1. The van der Waals surface area contributed by atoms with Gasteiger partial charge in [-0.3, -0.25) is 4.49 Å². The minimum Gasteiger partial charge on any atom is -0.378 e. The second kappa shape index (κ2) is 8.49. The number of rotatable bonds is 6. The fourth-order valence-corrected chi connectivity index (χ4v) is 3.61. The number of nitrogens with zero attached hydrogens (tertiary/aromatic N) is 3. The van der Waals surface area contributed by atoms with Crippen LogP contribution in [0.4, 0.5) is 5.69 Å². The maximum Gasteiger partial charge on any atom is 0.586 e. The Hall–Kier alpha value is -2.79. The number of allylic oxidation sites excluding steroid dienone is 2. The highest BCUT2D eigenvalue weighted by molar-refractivity contribution is 6.01. The van der Waals surface area contributed by atoms with Gasteiger partial charge in [0, 0.05) is 50.2 Å². The van der Waals surface area contributed by atoms with E-state index in [-0.39, 0.29) is 0 Å². The van der Waals surface area contributed by atoms with Gasteiger partial charge >= 0.3 is 7.98 Å². The van der Waals surface area contributed by atoms with Crippen molar-refractivity contribution in [3.63, 3.8) is 0 Å². The Kier molecular flexibility index (Phi) is 6.05. The molecule has 142 valence electrons. The van der Waals surface area contributed by atoms with Gasteiger partial charge in [0.05, 0.1) is 5.69 Å². The maximum atomic E-state index is 6.11. The van der Waals surface area contributed by atoms with Crippen LogP contribution < -0.4 is 10.6 Å². The topological polar surface area (TPSA) is 37.2 Å². The molecule has 2 N–H and O–H groups in total. The van der Waals surface area contributed by atoms with E-state index >= 15 is 0 Å². The molecule has 0 unspecified atom stereocenters. The summed E-state index contributed by atoms with van der Waals surface area (Å²) in [6.45, 7) is 2.72. The summed E-state index contributed by atoms with van der Waals surface area (Å²) in [6.07, 6.45) is 10.9. The zero-order valence-electron chi connectivity index (χ0n) is 17.2. The van der Waals surface area contributed by atoms with Crippen molar-refractivity contribution in [1.82, 2.24) is 4.57 Å². The van der Waals surface area contributed by atoms with Crippen molar-refractivity contribution in [3.8, 4) is 0 Å². The second-order valence-electron chi connectivity index (χ2n) is 7.30. The third-order valence-electron chi connectivity index (χ3n) is 5.08. The van der Waals surface area contributed by atoms with Crippen LogP contribution in [0.15, 0.2) is 48.2 Å². The Bertz CT molecular complexity index is 973. The lowest BCUT2D eigenvalue weighted by Crippen LogP contribution is -2.11. The fraction of sp³-hybridized carbons (Fsp3) is 0.261. The van der Waals surface area contributed by atoms with Gasteiger partial charge in [0.25, 0.3) is 0 Å². The van der Waals surface area contributed by atoms with E-state index < -0.39 is 0 Å². The van der Waals surface area contributed by atoms with Crippen molar-refractivity contribution in [1.29, 1.82) is 0 Å². The van der Waals surface area contributed by atoms with Crippen LogP contribution in [0.1, 0.15) is 28.9 Å². The molecule has 2 heterocycles. The molecule has 3 rings (SSSR count). The molecule has 0 bridgehead atoms. The normalized spacial score (nSPS) is 15.4. The van der Waals surface area contributed by atoms with Crippen LogP contribution in [0.25, 0.3) is 17.7 Å². The highest BCUT2D eigenvalue weighted by atomic mass is 15.1. The molecular formula is C23H28BN4+. The van der Waals surface area contributed by atoms with Gasteiger partial charge in [0.1, 0.15) is 6.21 Å². The Labute approximate surface area is 169 Å². The summed E-state index contributed by atoms with van der Waals surface area (Å²) in [4.78, 5) is 2.10. The molecule has 0 saturated heterocycles. The van der Waals surface area contributed by atoms with Gasteiger partial charge in [0.15, 0.2) is 5.70 Å². The van der Waals surface area contributed by atoms with Crippen LogP contribution in [0, 0.1) is 6.92 Å². The molecule has 4 nitrogen and oxygen atoms in total. The fourth-order valence-electron chi connectivity index (χ4n) is 3.61. The van der Waals surface area contributed by atoms with Crippen LogP contribution in [-0.2, 0) is 7.05 Å². The molecule has 0 saturated carbocycles. The lowest BCUT2D eigenvalue weighted by Gasteiger charge is -2.12. The predicted molar refractivity (Wildman–Crippen MR) is 122 cm³/mol. The van der Waals surface area contributed by atoms with Gasteiger partial charge in [-0.15, -0.1) is 0 Å². The first-order valence-corrected chi connectivity index (χ1v) is 9.53. The van der Waals surface area contributed by atoms with Crippen molar-refractivity contribution < 1.29 is 4.49 Å². The minimum absolute atomic E-state index is 0.578. The van der Waals surface area contributed by atoms with Crippen LogP contribution in [0.2, 0.25) is 0 Å². The largest absolute Gasteiger partial charge is 0.586 e. The highest BCUT2D eigenvalue weighted by Crippen LogP contribution is 2.30. The van der Waals surface area contributed by atoms with Gasteiger partial charge in [-0.2, -0.15) is 0 Å². The Morgan fingerprint density at radius 2 is 1.93 bits per heavy atom. The van der Waals surface area contributed by atoms with Crippen molar-refractivity contribution >= 4 is 37.6 Å². The number of benzene rings is 1. The third kappa shape index (κ3) is 4.05. The van der Waals surface area contributed by atoms with Crippen LogP contribution in [0.5, 0.6) is 0 Å². The summed E-state index contributed by atoms with van der Waals surface area (Å²) < 4.78 is 3.89. The monoisotopic (exact) mass is 371 g/mol. The number of nitrogens with two attached hydrogens (primary N) is 1. The number of hydrogen-bond acceptors (Lipinski definition) is 2. The van der Waals surface area contributed by atoms with E-state index in [1.807, 2.05) is 32.5 Å². The number of aryl methyl sites for hydroxylation is 1. The quantitative estimate of drug-likeness (QED) is 0.791. The molecule has 1 aliphatic rings. The average molecular weight is 371 g/mol. The molecule has 0 amide bonds. The van der Waals surface area contributed by atoms with Gasteiger partial charge in [-0.1, -0.05) is 18.2 Å². The third-order valence-corrected chi connectivity index (χ3v) is 5.08. The molecule has 0 fully saturated rings. The van der Waals surface area contributed by atoms with Gasteiger partial charge in [0.2, 0.25) is 0 Å². The van der Waals surface area contributed by atoms with E-state index in [1.165, 1.54) is 28.1 Å². The van der Waals surface area contributed by atoms with E-state index in [0.717, 1.165) is 17.8 Å². The molecule has 1 aliphatic heterocycles. The lowest BCUT2D eigenvalue weighted by molar-refractivity contribution is -0.294. The second-order valence-corrected chi connectivity index (χ2v) is 7.30. The molecule has 5 heteroatoms. The number of anilines is 1. The Morgan fingerprint density at radius 3 is 2.50 bits per heavy atom. The highest BCUT2D eigenvalue weighted by Gasteiger charge is 2.21. The SMILES string of the molecule is [B][N+]1=CC=CC1=C(CCN)c1c(C)cc(/C=C/c2ccc(N(C)C)cc2)n1C. The van der Waals surface area contributed by atoms with E-state index in [4.69, 9.17) is 13.7 Å². The first kappa shape index (κ1) is 20.0. The van der Waals surface area contributed by atoms with E-state index in [9.17, 15) is 0 Å². The van der Waals surface area contributed by atoms with Crippen molar-refractivity contribution in [2.24, 2.45) is 12.8 Å². The van der Waals surface area contributed by atoms with Crippen LogP contribution in [0.3, 0.4) is 0 Å². The summed E-state index contributed by atoms with van der Waals surface area (Å²) in [7, 11) is 12.3. The summed E-state index contributed by atoms with van der Waals surface area (Å²) in [6, 6.07) is 10.7. The minimum atomic E-state index is 0.578. The molecule has 0 atom stereocenters. The Balaban J connectivity index is 1.95. The van der Waals surface area contributed by atoms with E-state index in [1.54, 1.807) is 4.49 Å². The summed E-state index contributed by atoms with van der Waals surface area (Å²) in [5.41, 5.74) is 14.0. The van der Waals surface area contributed by atoms with E-state index in [0.29, 0.717) is 6.54 Å². The van der Waals surface area contributed by atoms with Gasteiger partial charge in [-0.25, -0.2) is 0 Å². The zero-order chi connectivity index (χ0) is 20.3. The summed E-state index contributed by atoms with van der Waals surface area (Å²) in [5.74, 6) is 0. The van der Waals surface area contributed by atoms with Crippen molar-refractivity contribution in [2.45, 2.75) is 13.3 Å². The van der Waals surface area contributed by atoms with Crippen LogP contribution in [-0.4, -0.2) is 43.9 Å². The molecule has 0 spiro atoms. The van der Waals surface area contributed by atoms with Crippen molar-refractivity contribution in [3.05, 3.63) is 70.7 Å². The van der Waals surface area contributed by atoms with Crippen LogP contribution >= 0.6 is 0 Å². The van der Waals surface area contributed by atoms with Crippen molar-refractivity contribution in [2.75, 3.05) is 25.5 Å². The van der Waals surface area contributed by atoms with E-state index in [2.05, 4.69) is 65.9 Å². The van der Waals surface area contributed by atoms with Gasteiger partial charge in [-0.05, 0) is 55.3 Å². The molecule has 0 aliphatic carbocycles. The molecular weight excluding hydrogens is 343 g/mol. The standard InChI is InChI=1S/C23H28BN4/c1-17-16-20(12-9-18-7-10-19(11-8-18)26(2)3)27(4)23(17)21(13-14-25)22-6-5-15-28(22)24/h5-12,15-16H,13-14,25H2,1-4H3/q+1. The smallest absolute Gasteiger partial charge is 0.378 e. The lowest BCUT2D eigenvalue weighted by atomic mass is 10.0. The molecule has 2 radical (unpaired) electrons. The molecule has 28 heavy (non-hydrogen) atoms. The Morgan fingerprint density at radius 1 is 1.21 bits per heavy atom. The first-order valence-electron chi connectivity index (χ1n) is 9.53. The maximum absolute atomic E-state index is 6.11. The molecule has 1 aromatic carbocycles. The summed E-state index contributed by atoms with van der Waals surface area (Å²) >= 11 is 0. The first-order chi connectivity index (χ1) is 13.4. The molecule has 1 aromatic heterocycles. The average Bonchev–Trinajstić information content (AvgIpc) is 3.21. The molecule has 2 aromatic rings.